The van der Waals surface area contributed by atoms with E-state index in [-0.39, 0.29) is 19.0 Å². The Bertz CT molecular complexity index is 134. The van der Waals surface area contributed by atoms with E-state index in [4.69, 9.17) is 10.2 Å². The molecule has 0 unspecified atom stereocenters. The van der Waals surface area contributed by atoms with Gasteiger partial charge in [0.15, 0.2) is 0 Å². The molecule has 5 nitrogen and oxygen atoms in total. The highest BCUT2D eigenvalue weighted by Crippen LogP contribution is 2.24. The molecule has 7 N–H and O–H groups in total. The minimum Gasteiger partial charge on any atom is -1.00 e. The fraction of sp³-hybridized carbons (Fsp3) is 1.00. The molecule has 0 radical (unpaired) electrons. The molecule has 0 saturated heterocycles. The van der Waals surface area contributed by atoms with Crippen molar-refractivity contribution in [1.29, 1.82) is 0 Å². The summed E-state index contributed by atoms with van der Waals surface area (Å²) in [6.07, 6.45) is -3.00. The molecule has 6 heteroatoms. The maximum atomic E-state index is 9.26. The van der Waals surface area contributed by atoms with Crippen LogP contribution >= 0.6 is 0 Å². The second-order valence-corrected chi connectivity index (χ2v) is 2.98. The second kappa shape index (κ2) is 4.36. The summed E-state index contributed by atoms with van der Waals surface area (Å²) in [4.78, 5) is 0. The summed E-state index contributed by atoms with van der Waals surface area (Å²) in [6.45, 7) is -0.328. The van der Waals surface area contributed by atoms with Crippen molar-refractivity contribution in [2.75, 3.05) is 6.61 Å². The summed E-state index contributed by atoms with van der Waals surface area (Å²) in [5.74, 6) is -0.660. The molecular formula is C6H14ClNO4. The average molecular weight is 200 g/mol. The summed E-state index contributed by atoms with van der Waals surface area (Å²) in [5, 5.41) is 36.3. The molecule has 0 aliphatic heterocycles. The van der Waals surface area contributed by atoms with Crippen LogP contribution in [-0.2, 0) is 0 Å². The van der Waals surface area contributed by atoms with Crippen molar-refractivity contribution < 1.29 is 38.6 Å². The molecule has 1 aliphatic carbocycles. The monoisotopic (exact) mass is 199 g/mol. The molecule has 1 saturated carbocycles. The molecule has 1 aliphatic rings. The van der Waals surface area contributed by atoms with Gasteiger partial charge in [0.2, 0.25) is 0 Å². The Morgan fingerprint density at radius 1 is 1.00 bits per heavy atom. The zero-order valence-electron chi connectivity index (χ0n) is 6.47. The third kappa shape index (κ3) is 1.71. The van der Waals surface area contributed by atoms with Crippen molar-refractivity contribution in [3.63, 3.8) is 0 Å². The van der Waals surface area contributed by atoms with E-state index in [0.29, 0.717) is 0 Å². The molecule has 74 valence electrons. The number of rotatable bonds is 1. The summed E-state index contributed by atoms with van der Waals surface area (Å²) < 4.78 is 0. The lowest BCUT2D eigenvalue weighted by molar-refractivity contribution is -0.448. The van der Waals surface area contributed by atoms with Gasteiger partial charge in [-0.25, -0.2) is 0 Å². The first-order valence-corrected chi connectivity index (χ1v) is 3.57. The van der Waals surface area contributed by atoms with Crippen LogP contribution in [-0.4, -0.2) is 51.4 Å². The van der Waals surface area contributed by atoms with Crippen molar-refractivity contribution in [1.82, 2.24) is 0 Å². The van der Waals surface area contributed by atoms with Gasteiger partial charge in [0.1, 0.15) is 18.2 Å². The molecule has 0 spiro atoms. The zero-order chi connectivity index (χ0) is 8.59. The van der Waals surface area contributed by atoms with Crippen LogP contribution in [0, 0.1) is 5.92 Å². The van der Waals surface area contributed by atoms with Gasteiger partial charge in [-0.3, -0.25) is 0 Å². The third-order valence-electron chi connectivity index (χ3n) is 2.32. The van der Waals surface area contributed by atoms with Crippen LogP contribution in [0.4, 0.5) is 0 Å². The maximum Gasteiger partial charge on any atom is 0.140 e. The molecule has 12 heavy (non-hydrogen) atoms. The van der Waals surface area contributed by atoms with Gasteiger partial charge in [-0.2, -0.15) is 0 Å². The highest BCUT2D eigenvalue weighted by Gasteiger charge is 2.49. The van der Waals surface area contributed by atoms with Crippen LogP contribution in [0.3, 0.4) is 0 Å². The normalized spacial score (nSPS) is 47.2. The van der Waals surface area contributed by atoms with E-state index in [0.717, 1.165) is 0 Å². The number of hydrogen-bond acceptors (Lipinski definition) is 4. The molecule has 0 heterocycles. The third-order valence-corrected chi connectivity index (χ3v) is 2.32. The van der Waals surface area contributed by atoms with Crippen LogP contribution in [0.5, 0.6) is 0 Å². The van der Waals surface area contributed by atoms with Crippen LogP contribution in [0.1, 0.15) is 0 Å². The predicted molar refractivity (Wildman–Crippen MR) is 35.3 cm³/mol. The van der Waals surface area contributed by atoms with Gasteiger partial charge in [-0.15, -0.1) is 0 Å². The van der Waals surface area contributed by atoms with Crippen LogP contribution in [0.25, 0.3) is 0 Å². The Morgan fingerprint density at radius 3 is 1.67 bits per heavy atom. The lowest BCUT2D eigenvalue weighted by Crippen LogP contribution is -3.00. The average Bonchev–Trinajstić information content (AvgIpc) is 2.17. The van der Waals surface area contributed by atoms with Crippen molar-refractivity contribution in [3.05, 3.63) is 0 Å². The predicted octanol–water partition coefficient (Wildman–Crippen LogP) is -6.69. The fourth-order valence-electron chi connectivity index (χ4n) is 1.44. The van der Waals surface area contributed by atoms with Crippen molar-refractivity contribution >= 4 is 0 Å². The van der Waals surface area contributed by atoms with E-state index in [2.05, 4.69) is 5.73 Å². The lowest BCUT2D eigenvalue weighted by atomic mass is 10.1. The van der Waals surface area contributed by atoms with Gasteiger partial charge in [0, 0.05) is 5.92 Å². The first-order valence-electron chi connectivity index (χ1n) is 3.57. The SMILES string of the molecule is [Cl-].[NH3+][C@@H]1[C@@H](O)[C@H](O)[C@@H](CO)[C@@H]1O. The first kappa shape index (κ1) is 12.1. The highest BCUT2D eigenvalue weighted by molar-refractivity contribution is 4.96. The van der Waals surface area contributed by atoms with E-state index in [9.17, 15) is 10.2 Å². The first-order chi connectivity index (χ1) is 5.09. The molecular weight excluding hydrogens is 186 g/mol. The van der Waals surface area contributed by atoms with Crippen molar-refractivity contribution in [2.45, 2.75) is 24.4 Å². The molecule has 1 fully saturated rings. The minimum absolute atomic E-state index is 0. The van der Waals surface area contributed by atoms with Crippen molar-refractivity contribution in [3.8, 4) is 0 Å². The minimum atomic E-state index is -1.06. The van der Waals surface area contributed by atoms with Gasteiger partial charge < -0.3 is 38.6 Å². The number of quaternary nitrogens is 1. The Hall–Kier alpha value is 0.0900. The largest absolute Gasteiger partial charge is 1.00 e. The Morgan fingerprint density at radius 2 is 1.50 bits per heavy atom. The van der Waals surface area contributed by atoms with Gasteiger partial charge in [-0.05, 0) is 0 Å². The van der Waals surface area contributed by atoms with E-state index in [1.807, 2.05) is 0 Å². The molecule has 0 aromatic carbocycles. The van der Waals surface area contributed by atoms with E-state index < -0.39 is 30.3 Å². The molecule has 5 atom stereocenters. The van der Waals surface area contributed by atoms with Crippen LogP contribution < -0.4 is 18.1 Å². The summed E-state index contributed by atoms with van der Waals surface area (Å²) in [6, 6.07) is -0.609. The molecule has 1 rings (SSSR count). The smallest absolute Gasteiger partial charge is 0.140 e. The Labute approximate surface area is 76.2 Å². The standard InChI is InChI=1S/C6H13NO4.ClH/c7-3-4(9)2(1-8)5(10)6(3)11;/h2-6,8-11H,1,7H2;1H/t2-,3-,4-,5+,6+;/m0./s1. The molecule has 0 aromatic rings. The molecule has 0 aromatic heterocycles. The zero-order valence-corrected chi connectivity index (χ0v) is 7.22. The fourth-order valence-corrected chi connectivity index (χ4v) is 1.44. The van der Waals surface area contributed by atoms with E-state index in [1.54, 1.807) is 0 Å². The quantitative estimate of drug-likeness (QED) is 0.289. The molecule has 0 amide bonds. The summed E-state index contributed by atoms with van der Waals surface area (Å²) in [5.41, 5.74) is 3.48. The van der Waals surface area contributed by atoms with E-state index >= 15 is 0 Å². The van der Waals surface area contributed by atoms with Crippen molar-refractivity contribution in [2.24, 2.45) is 5.92 Å². The van der Waals surface area contributed by atoms with Crippen LogP contribution in [0.15, 0.2) is 0 Å². The topological polar surface area (TPSA) is 109 Å². The van der Waals surface area contributed by atoms with Gasteiger partial charge >= 0.3 is 0 Å². The lowest BCUT2D eigenvalue weighted by Gasteiger charge is -2.13. The second-order valence-electron chi connectivity index (χ2n) is 2.98. The summed E-state index contributed by atoms with van der Waals surface area (Å²) >= 11 is 0. The highest BCUT2D eigenvalue weighted by atomic mass is 35.5. The number of aliphatic hydroxyl groups excluding tert-OH is 4. The number of hydrogen-bond donors (Lipinski definition) is 5. The van der Waals surface area contributed by atoms with E-state index in [1.165, 1.54) is 0 Å². The number of halogens is 1. The van der Waals surface area contributed by atoms with Crippen LogP contribution in [0.2, 0.25) is 0 Å². The Kier molecular flexibility index (Phi) is 4.39. The molecule has 0 bridgehead atoms. The van der Waals surface area contributed by atoms with Gasteiger partial charge in [-0.1, -0.05) is 0 Å². The van der Waals surface area contributed by atoms with Gasteiger partial charge in [0.25, 0.3) is 0 Å². The maximum absolute atomic E-state index is 9.26. The number of aliphatic hydroxyl groups is 4. The Balaban J connectivity index is 0.00000121. The van der Waals surface area contributed by atoms with Gasteiger partial charge in [0.05, 0.1) is 12.7 Å². The summed E-state index contributed by atoms with van der Waals surface area (Å²) in [7, 11) is 0.